The molecule has 0 saturated carbocycles. The van der Waals surface area contributed by atoms with E-state index in [0.717, 1.165) is 12.1 Å². The molecular weight excluding hydrogens is 466 g/mol. The maximum absolute atomic E-state index is 15.0. The molecule has 6 nitrogen and oxygen atoms in total. The molecule has 1 heterocycles. The van der Waals surface area contributed by atoms with Crippen LogP contribution < -0.4 is 10.1 Å². The average Bonchev–Trinajstić information content (AvgIpc) is 3.09. The molecule has 33 heavy (non-hydrogen) atoms. The van der Waals surface area contributed by atoms with E-state index in [1.807, 2.05) is 0 Å². The fourth-order valence-electron chi connectivity index (χ4n) is 3.12. The fraction of sp³-hybridized carbons (Fsp3) is 0.273. The summed E-state index contributed by atoms with van der Waals surface area (Å²) in [6.07, 6.45) is -3.28. The Labute approximate surface area is 191 Å². The first kappa shape index (κ1) is 24.5. The van der Waals surface area contributed by atoms with Crippen LogP contribution in [0.5, 0.6) is 5.75 Å². The van der Waals surface area contributed by atoms with Crippen molar-refractivity contribution >= 4 is 23.2 Å². The third kappa shape index (κ3) is 5.82. The molecular formula is C22H20ClF4N3O3. The van der Waals surface area contributed by atoms with E-state index in [2.05, 4.69) is 10.3 Å². The lowest BCUT2D eigenvalue weighted by Gasteiger charge is -2.16. The predicted octanol–water partition coefficient (Wildman–Crippen LogP) is 5.30. The first-order valence-corrected chi connectivity index (χ1v) is 9.99. The highest BCUT2D eigenvalue weighted by Crippen LogP contribution is 2.33. The number of nitrogens with zero attached hydrogens (tertiary/aromatic N) is 2. The minimum absolute atomic E-state index is 0.0436. The molecule has 2 aromatic carbocycles. The van der Waals surface area contributed by atoms with Gasteiger partial charge in [-0.3, -0.25) is 4.79 Å². The number of alkyl halides is 3. The maximum Gasteiger partial charge on any atom is 0.422 e. The van der Waals surface area contributed by atoms with E-state index in [0.29, 0.717) is 0 Å². The highest BCUT2D eigenvalue weighted by Gasteiger charge is 2.30. The SMILES string of the molecule is Cn1cc(-c2cc(OCC(F)(F)F)c(C(=O)Nc3ccccc3Cl)cc2F)nc1C(C)(C)O. The van der Waals surface area contributed by atoms with E-state index in [-0.39, 0.29) is 27.8 Å². The topological polar surface area (TPSA) is 76.4 Å². The van der Waals surface area contributed by atoms with Crippen LogP contribution in [-0.2, 0) is 12.6 Å². The summed E-state index contributed by atoms with van der Waals surface area (Å²) in [5.74, 6) is -2.12. The monoisotopic (exact) mass is 485 g/mol. The second-order valence-corrected chi connectivity index (χ2v) is 8.19. The van der Waals surface area contributed by atoms with Crippen molar-refractivity contribution in [1.82, 2.24) is 9.55 Å². The molecule has 0 atom stereocenters. The number of benzene rings is 2. The van der Waals surface area contributed by atoms with Crippen LogP contribution in [0, 0.1) is 5.82 Å². The first-order chi connectivity index (χ1) is 15.3. The number of para-hydroxylation sites is 1. The van der Waals surface area contributed by atoms with E-state index >= 15 is 4.39 Å². The van der Waals surface area contributed by atoms with Crippen molar-refractivity contribution in [2.24, 2.45) is 7.05 Å². The molecule has 0 unspecified atom stereocenters. The zero-order valence-corrected chi connectivity index (χ0v) is 18.6. The number of rotatable bonds is 6. The molecule has 3 rings (SSSR count). The van der Waals surface area contributed by atoms with Gasteiger partial charge in [0.2, 0.25) is 0 Å². The van der Waals surface area contributed by atoms with Gasteiger partial charge in [-0.2, -0.15) is 13.2 Å². The molecule has 0 aliphatic carbocycles. The van der Waals surface area contributed by atoms with E-state index < -0.39 is 41.4 Å². The summed E-state index contributed by atoms with van der Waals surface area (Å²) in [5.41, 5.74) is -1.78. The van der Waals surface area contributed by atoms with Crippen molar-refractivity contribution in [1.29, 1.82) is 0 Å². The Balaban J connectivity index is 2.06. The molecule has 1 aromatic heterocycles. The molecule has 11 heteroatoms. The van der Waals surface area contributed by atoms with Crippen molar-refractivity contribution < 1.29 is 32.2 Å². The van der Waals surface area contributed by atoms with E-state index in [9.17, 15) is 23.1 Å². The Bertz CT molecular complexity index is 1190. The van der Waals surface area contributed by atoms with Gasteiger partial charge in [0.15, 0.2) is 6.61 Å². The number of halogens is 5. The molecule has 1 amide bonds. The van der Waals surface area contributed by atoms with Gasteiger partial charge in [0, 0.05) is 18.8 Å². The van der Waals surface area contributed by atoms with Gasteiger partial charge >= 0.3 is 6.18 Å². The van der Waals surface area contributed by atoms with Crippen molar-refractivity contribution in [3.63, 3.8) is 0 Å². The molecule has 2 N–H and O–H groups in total. The molecule has 0 aliphatic rings. The number of imidazole rings is 1. The normalized spacial score (nSPS) is 12.0. The number of anilines is 1. The number of carbonyl (C=O) groups is 1. The molecule has 0 spiro atoms. The molecule has 0 aliphatic heterocycles. The quantitative estimate of drug-likeness (QED) is 0.464. The standard InChI is InChI=1S/C22H20ClF4N3O3/c1-21(2,32)20-29-17(10-30(20)3)12-9-18(33-11-22(25,26)27)13(8-15(12)24)19(31)28-16-7-5-4-6-14(16)23/h4-10,32H,11H2,1-3H3,(H,28,31). The summed E-state index contributed by atoms with van der Waals surface area (Å²) in [4.78, 5) is 16.9. The molecule has 0 bridgehead atoms. The van der Waals surface area contributed by atoms with Gasteiger partial charge in [-0.1, -0.05) is 23.7 Å². The van der Waals surface area contributed by atoms with Crippen molar-refractivity contribution in [2.75, 3.05) is 11.9 Å². The van der Waals surface area contributed by atoms with Crippen LogP contribution in [-0.4, -0.2) is 33.3 Å². The fourth-order valence-corrected chi connectivity index (χ4v) is 3.31. The zero-order valence-electron chi connectivity index (χ0n) is 17.8. The number of hydrogen-bond acceptors (Lipinski definition) is 4. The van der Waals surface area contributed by atoms with Crippen LogP contribution in [0.1, 0.15) is 30.0 Å². The van der Waals surface area contributed by atoms with Crippen molar-refractivity contribution in [3.8, 4) is 17.0 Å². The summed E-state index contributed by atoms with van der Waals surface area (Å²) < 4.78 is 59.7. The van der Waals surface area contributed by atoms with Gasteiger partial charge < -0.3 is 19.7 Å². The molecule has 176 valence electrons. The van der Waals surface area contributed by atoms with E-state index in [1.54, 1.807) is 19.2 Å². The number of ether oxygens (including phenoxy) is 1. The number of aliphatic hydroxyl groups is 1. The van der Waals surface area contributed by atoms with Crippen LogP contribution in [0.3, 0.4) is 0 Å². The Kier molecular flexibility index (Phi) is 6.71. The molecule has 3 aromatic rings. The highest BCUT2D eigenvalue weighted by molar-refractivity contribution is 6.33. The summed E-state index contributed by atoms with van der Waals surface area (Å²) in [6.45, 7) is 1.27. The molecule has 0 radical (unpaired) electrons. The van der Waals surface area contributed by atoms with Gasteiger partial charge in [-0.25, -0.2) is 9.37 Å². The van der Waals surface area contributed by atoms with Crippen LogP contribution in [0.15, 0.2) is 42.6 Å². The summed E-state index contributed by atoms with van der Waals surface area (Å²) in [5, 5.41) is 12.8. The first-order valence-electron chi connectivity index (χ1n) is 9.62. The number of amides is 1. The van der Waals surface area contributed by atoms with Gasteiger partial charge in [-0.15, -0.1) is 0 Å². The lowest BCUT2D eigenvalue weighted by atomic mass is 10.1. The van der Waals surface area contributed by atoms with E-state index in [4.69, 9.17) is 16.3 Å². The van der Waals surface area contributed by atoms with Crippen molar-refractivity contribution in [2.45, 2.75) is 25.6 Å². The lowest BCUT2D eigenvalue weighted by molar-refractivity contribution is -0.153. The molecule has 0 saturated heterocycles. The Morgan fingerprint density at radius 2 is 1.91 bits per heavy atom. The Morgan fingerprint density at radius 3 is 2.48 bits per heavy atom. The number of aryl methyl sites for hydroxylation is 1. The second kappa shape index (κ2) is 9.03. The van der Waals surface area contributed by atoms with Crippen LogP contribution in [0.4, 0.5) is 23.2 Å². The van der Waals surface area contributed by atoms with Gasteiger partial charge in [0.05, 0.1) is 22.0 Å². The predicted molar refractivity (Wildman–Crippen MR) is 115 cm³/mol. The summed E-state index contributed by atoms with van der Waals surface area (Å²) >= 11 is 6.01. The lowest BCUT2D eigenvalue weighted by Crippen LogP contribution is -2.21. The van der Waals surface area contributed by atoms with Gasteiger partial charge in [-0.05, 0) is 38.1 Å². The Morgan fingerprint density at radius 1 is 1.24 bits per heavy atom. The van der Waals surface area contributed by atoms with E-state index in [1.165, 1.54) is 36.7 Å². The zero-order chi connectivity index (χ0) is 24.6. The largest absolute Gasteiger partial charge is 0.483 e. The van der Waals surface area contributed by atoms with Crippen LogP contribution in [0.25, 0.3) is 11.3 Å². The van der Waals surface area contributed by atoms with Gasteiger partial charge in [0.1, 0.15) is 23.0 Å². The number of aromatic nitrogens is 2. The number of nitrogens with one attached hydrogen (secondary N) is 1. The minimum atomic E-state index is -4.69. The molecule has 0 fully saturated rings. The summed E-state index contributed by atoms with van der Waals surface area (Å²) in [6, 6.07) is 7.94. The van der Waals surface area contributed by atoms with Crippen molar-refractivity contribution in [3.05, 3.63) is 64.8 Å². The number of hydrogen-bond donors (Lipinski definition) is 2. The summed E-state index contributed by atoms with van der Waals surface area (Å²) in [7, 11) is 1.58. The third-order valence-electron chi connectivity index (χ3n) is 4.53. The van der Waals surface area contributed by atoms with Crippen LogP contribution >= 0.6 is 11.6 Å². The van der Waals surface area contributed by atoms with Crippen LogP contribution in [0.2, 0.25) is 5.02 Å². The smallest absolute Gasteiger partial charge is 0.422 e. The Hall–Kier alpha value is -3.11. The minimum Gasteiger partial charge on any atom is -0.483 e. The highest BCUT2D eigenvalue weighted by atomic mass is 35.5. The van der Waals surface area contributed by atoms with Gasteiger partial charge in [0.25, 0.3) is 5.91 Å². The second-order valence-electron chi connectivity index (χ2n) is 7.79. The average molecular weight is 486 g/mol. The third-order valence-corrected chi connectivity index (χ3v) is 4.86. The number of carbonyl (C=O) groups excluding carboxylic acids is 1. The maximum atomic E-state index is 15.0.